The molecule has 2 nitrogen and oxygen atoms in total. The van der Waals surface area contributed by atoms with Crippen LogP contribution < -0.4 is 10.1 Å². The van der Waals surface area contributed by atoms with E-state index in [9.17, 15) is 13.2 Å². The molecule has 0 aliphatic carbocycles. The molecule has 1 aliphatic rings. The summed E-state index contributed by atoms with van der Waals surface area (Å²) in [5, 5.41) is 3.33. The predicted molar refractivity (Wildman–Crippen MR) is 75.4 cm³/mol. The van der Waals surface area contributed by atoms with Crippen molar-refractivity contribution in [2.24, 2.45) is 0 Å². The fraction of sp³-hybridized carbons (Fsp3) is 0.250. The average Bonchev–Trinajstić information content (AvgIpc) is 2.45. The Bertz CT molecular complexity index is 652. The second kappa shape index (κ2) is 5.31. The first-order valence-electron chi connectivity index (χ1n) is 6.75. The fourth-order valence-corrected chi connectivity index (χ4v) is 2.61. The van der Waals surface area contributed by atoms with Crippen molar-refractivity contribution in [3.63, 3.8) is 0 Å². The van der Waals surface area contributed by atoms with Crippen molar-refractivity contribution >= 4 is 5.69 Å². The molecule has 0 spiro atoms. The molecule has 5 heteroatoms. The van der Waals surface area contributed by atoms with Gasteiger partial charge in [-0.05, 0) is 36.1 Å². The van der Waals surface area contributed by atoms with Gasteiger partial charge in [-0.3, -0.25) is 0 Å². The molecule has 2 aromatic carbocycles. The van der Waals surface area contributed by atoms with Crippen LogP contribution in [-0.2, 0) is 6.42 Å². The Kier molecular flexibility index (Phi) is 3.49. The molecule has 0 bridgehead atoms. The summed E-state index contributed by atoms with van der Waals surface area (Å²) in [6.45, 7) is 0.878. The molecular formula is C16H14F3NO. The van der Waals surface area contributed by atoms with Gasteiger partial charge < -0.3 is 10.1 Å². The van der Waals surface area contributed by atoms with Gasteiger partial charge in [0.25, 0.3) is 0 Å². The number of alkyl halides is 3. The van der Waals surface area contributed by atoms with Crippen LogP contribution in [0.2, 0.25) is 0 Å². The van der Waals surface area contributed by atoms with E-state index in [4.69, 9.17) is 0 Å². The summed E-state index contributed by atoms with van der Waals surface area (Å²) in [4.78, 5) is 0. The summed E-state index contributed by atoms with van der Waals surface area (Å²) in [6, 6.07) is 12.0. The number of rotatable bonds is 2. The first-order valence-corrected chi connectivity index (χ1v) is 6.75. The van der Waals surface area contributed by atoms with Crippen LogP contribution in [0.5, 0.6) is 5.75 Å². The van der Waals surface area contributed by atoms with E-state index in [0.717, 1.165) is 30.6 Å². The zero-order valence-corrected chi connectivity index (χ0v) is 11.2. The smallest absolute Gasteiger partial charge is 0.406 e. The molecule has 110 valence electrons. The van der Waals surface area contributed by atoms with E-state index in [0.29, 0.717) is 5.56 Å². The molecule has 0 atom stereocenters. The third-order valence-electron chi connectivity index (χ3n) is 3.45. The Morgan fingerprint density at radius 1 is 1.05 bits per heavy atom. The molecule has 0 saturated heterocycles. The molecule has 1 N–H and O–H groups in total. The van der Waals surface area contributed by atoms with Crippen molar-refractivity contribution in [2.75, 3.05) is 11.9 Å². The lowest BCUT2D eigenvalue weighted by atomic mass is 9.95. The highest BCUT2D eigenvalue weighted by atomic mass is 19.4. The van der Waals surface area contributed by atoms with Crippen molar-refractivity contribution in [1.29, 1.82) is 0 Å². The number of fused-ring (bicyclic) bond motifs is 1. The number of para-hydroxylation sites is 1. The molecule has 0 amide bonds. The van der Waals surface area contributed by atoms with Crippen LogP contribution in [0.15, 0.2) is 42.5 Å². The molecule has 0 unspecified atom stereocenters. The van der Waals surface area contributed by atoms with Gasteiger partial charge in [-0.1, -0.05) is 30.3 Å². The average molecular weight is 293 g/mol. The maximum Gasteiger partial charge on any atom is 0.573 e. The molecule has 0 radical (unpaired) electrons. The lowest BCUT2D eigenvalue weighted by molar-refractivity contribution is -0.274. The second-order valence-electron chi connectivity index (χ2n) is 4.95. The van der Waals surface area contributed by atoms with Crippen LogP contribution in [0.25, 0.3) is 11.1 Å². The molecule has 0 saturated carbocycles. The molecule has 1 aliphatic heterocycles. The highest BCUT2D eigenvalue weighted by Crippen LogP contribution is 2.35. The molecule has 21 heavy (non-hydrogen) atoms. The number of halogens is 3. The van der Waals surface area contributed by atoms with Gasteiger partial charge in [0.05, 0.1) is 0 Å². The third-order valence-corrected chi connectivity index (χ3v) is 3.45. The van der Waals surface area contributed by atoms with Gasteiger partial charge in [0, 0.05) is 17.8 Å². The van der Waals surface area contributed by atoms with Crippen molar-refractivity contribution < 1.29 is 17.9 Å². The van der Waals surface area contributed by atoms with Crippen LogP contribution in [-0.4, -0.2) is 12.9 Å². The maximum atomic E-state index is 12.3. The Morgan fingerprint density at radius 2 is 1.86 bits per heavy atom. The Hall–Kier alpha value is -2.17. The first kappa shape index (κ1) is 13.8. The quantitative estimate of drug-likeness (QED) is 0.873. The molecule has 0 fully saturated rings. The summed E-state index contributed by atoms with van der Waals surface area (Å²) in [6.07, 6.45) is -2.63. The highest BCUT2D eigenvalue weighted by molar-refractivity contribution is 5.81. The van der Waals surface area contributed by atoms with E-state index in [-0.39, 0.29) is 5.75 Å². The van der Waals surface area contributed by atoms with Crippen LogP contribution in [0.1, 0.15) is 12.0 Å². The third kappa shape index (κ3) is 3.12. The van der Waals surface area contributed by atoms with Crippen molar-refractivity contribution in [3.05, 3.63) is 48.0 Å². The largest absolute Gasteiger partial charge is 0.573 e. The minimum atomic E-state index is -4.67. The lowest BCUT2D eigenvalue weighted by Crippen LogP contribution is -2.17. The molecular weight excluding hydrogens is 279 g/mol. The minimum absolute atomic E-state index is 0.201. The SMILES string of the molecule is FC(F)(F)Oc1cccc(-c2cccc3c2NCCC3)c1. The number of benzene rings is 2. The van der Waals surface area contributed by atoms with Gasteiger partial charge in [-0.15, -0.1) is 13.2 Å². The lowest BCUT2D eigenvalue weighted by Gasteiger charge is -2.21. The van der Waals surface area contributed by atoms with E-state index in [1.807, 2.05) is 18.2 Å². The number of hydrogen-bond donors (Lipinski definition) is 1. The van der Waals surface area contributed by atoms with Crippen molar-refractivity contribution in [3.8, 4) is 16.9 Å². The zero-order chi connectivity index (χ0) is 14.9. The van der Waals surface area contributed by atoms with Gasteiger partial charge in [-0.25, -0.2) is 0 Å². The van der Waals surface area contributed by atoms with Crippen LogP contribution in [0.3, 0.4) is 0 Å². The monoisotopic (exact) mass is 293 g/mol. The number of nitrogens with one attached hydrogen (secondary N) is 1. The second-order valence-corrected chi connectivity index (χ2v) is 4.95. The maximum absolute atomic E-state index is 12.3. The summed E-state index contributed by atoms with van der Waals surface area (Å²) >= 11 is 0. The van der Waals surface area contributed by atoms with Gasteiger partial charge in [0.15, 0.2) is 0 Å². The van der Waals surface area contributed by atoms with E-state index in [1.165, 1.54) is 17.7 Å². The Balaban J connectivity index is 1.99. The fourth-order valence-electron chi connectivity index (χ4n) is 2.61. The Morgan fingerprint density at radius 3 is 2.67 bits per heavy atom. The van der Waals surface area contributed by atoms with Crippen LogP contribution in [0.4, 0.5) is 18.9 Å². The number of aryl methyl sites for hydroxylation is 1. The highest BCUT2D eigenvalue weighted by Gasteiger charge is 2.31. The first-order chi connectivity index (χ1) is 10.0. The van der Waals surface area contributed by atoms with Gasteiger partial charge >= 0.3 is 6.36 Å². The zero-order valence-electron chi connectivity index (χ0n) is 11.2. The van der Waals surface area contributed by atoms with E-state index in [1.54, 1.807) is 12.1 Å². The summed E-state index contributed by atoms with van der Waals surface area (Å²) in [5.41, 5.74) is 3.82. The predicted octanol–water partition coefficient (Wildman–Crippen LogP) is 4.61. The van der Waals surface area contributed by atoms with E-state index in [2.05, 4.69) is 10.1 Å². The Labute approximate surface area is 120 Å². The minimum Gasteiger partial charge on any atom is -0.406 e. The summed E-state index contributed by atoms with van der Waals surface area (Å²) in [7, 11) is 0. The molecule has 2 aromatic rings. The normalized spacial score (nSPS) is 14.2. The van der Waals surface area contributed by atoms with Crippen molar-refractivity contribution in [1.82, 2.24) is 0 Å². The van der Waals surface area contributed by atoms with Gasteiger partial charge in [0.2, 0.25) is 0 Å². The number of anilines is 1. The summed E-state index contributed by atoms with van der Waals surface area (Å²) < 4.78 is 40.9. The molecule has 1 heterocycles. The summed E-state index contributed by atoms with van der Waals surface area (Å²) in [5.74, 6) is -0.201. The van der Waals surface area contributed by atoms with E-state index < -0.39 is 6.36 Å². The number of hydrogen-bond acceptors (Lipinski definition) is 2. The van der Waals surface area contributed by atoms with Crippen LogP contribution >= 0.6 is 0 Å². The standard InChI is InChI=1S/C16H14F3NO/c17-16(18,19)21-13-7-1-5-12(10-13)14-8-2-4-11-6-3-9-20-15(11)14/h1-2,4-5,7-8,10,20H,3,6,9H2. The number of ether oxygens (including phenoxy) is 1. The van der Waals surface area contributed by atoms with E-state index >= 15 is 0 Å². The topological polar surface area (TPSA) is 21.3 Å². The molecule has 0 aromatic heterocycles. The molecule has 3 rings (SSSR count). The van der Waals surface area contributed by atoms with Gasteiger partial charge in [0.1, 0.15) is 5.75 Å². The van der Waals surface area contributed by atoms with Crippen LogP contribution in [0, 0.1) is 0 Å². The van der Waals surface area contributed by atoms with Crippen molar-refractivity contribution in [2.45, 2.75) is 19.2 Å². The van der Waals surface area contributed by atoms with Gasteiger partial charge in [-0.2, -0.15) is 0 Å².